The van der Waals surface area contributed by atoms with Gasteiger partial charge in [-0.2, -0.15) is 0 Å². The van der Waals surface area contributed by atoms with E-state index in [-0.39, 0.29) is 44.0 Å². The smallest absolute Gasteiger partial charge is 0.143 e. The summed E-state index contributed by atoms with van der Waals surface area (Å²) in [7, 11) is 0. The van der Waals surface area contributed by atoms with Gasteiger partial charge in [-0.15, -0.1) is 0 Å². The predicted octanol–water partition coefficient (Wildman–Crippen LogP) is 14.4. The summed E-state index contributed by atoms with van der Waals surface area (Å²) in [5.41, 5.74) is 3.68. The van der Waals surface area contributed by atoms with Gasteiger partial charge in [0.05, 0.1) is 28.9 Å². The fourth-order valence-corrected chi connectivity index (χ4v) is 6.85. The van der Waals surface area contributed by atoms with Gasteiger partial charge >= 0.3 is 0 Å². The SMILES string of the molecule is [2H]c1c([2H])c([2H])c(-c2c([2H])c3c(oc4c([2H])c([2H])c([2H])c(N(c5ccc(-c6ccc(-c7ccccc7)cc6)cc5)c5ccc6ccccc6c5)c43)c3c([2H])c([2H])c([2H])c([2H])c23)c([2H])c1[2H]. The lowest BCUT2D eigenvalue weighted by atomic mass is 9.95. The second-order valence-electron chi connectivity index (χ2n) is 12.3. The molecule has 0 aliphatic rings. The van der Waals surface area contributed by atoms with Gasteiger partial charge in [0.25, 0.3) is 0 Å². The monoisotopic (exact) mass is 676 g/mol. The molecule has 0 atom stereocenters. The van der Waals surface area contributed by atoms with E-state index in [1.165, 1.54) is 0 Å². The molecular formula is C50H33NO. The molecule has 0 saturated carbocycles. The van der Waals surface area contributed by atoms with Gasteiger partial charge in [-0.3, -0.25) is 0 Å². The minimum atomic E-state index is -0.717. The molecule has 0 fully saturated rings. The normalized spacial score (nSPS) is 15.0. The molecule has 2 nitrogen and oxygen atoms in total. The van der Waals surface area contributed by atoms with E-state index in [0.717, 1.165) is 33.0 Å². The standard InChI is InChI=1S/C50H33NO/c1-3-12-34(13-4-1)36-22-24-37(25-23-36)38-26-29-41(30-27-38)51(42-31-28-35-14-7-8-17-40(35)32-42)47-20-11-21-48-49(47)46-33-45(39-15-5-2-6-16-39)43-18-9-10-19-44(43)50(46)52-48/h1-33H/i2D,5D,6D,9D,10D,11D,15D,16D,18D,19D,20D,21D,33D. The van der Waals surface area contributed by atoms with Crippen LogP contribution < -0.4 is 4.90 Å². The molecule has 0 spiro atoms. The molecule has 0 amide bonds. The quantitative estimate of drug-likeness (QED) is 0.174. The number of anilines is 3. The summed E-state index contributed by atoms with van der Waals surface area (Å²) in [6, 6.07) is 31.0. The van der Waals surface area contributed by atoms with Crippen molar-refractivity contribution in [3.05, 3.63) is 200 Å². The molecule has 10 aromatic rings. The Hall–Kier alpha value is -6.90. The third-order valence-corrected chi connectivity index (χ3v) is 9.33. The van der Waals surface area contributed by atoms with Crippen molar-refractivity contribution in [2.24, 2.45) is 0 Å². The van der Waals surface area contributed by atoms with E-state index in [0.29, 0.717) is 11.4 Å². The Bertz CT molecular complexity index is 3600. The van der Waals surface area contributed by atoms with Crippen LogP contribution in [0.5, 0.6) is 0 Å². The average Bonchev–Trinajstić information content (AvgIpc) is 3.73. The maximum atomic E-state index is 9.94. The highest BCUT2D eigenvalue weighted by Gasteiger charge is 2.22. The molecule has 1 heterocycles. The predicted molar refractivity (Wildman–Crippen MR) is 220 cm³/mol. The highest BCUT2D eigenvalue weighted by Crippen LogP contribution is 2.46. The summed E-state index contributed by atoms with van der Waals surface area (Å²) in [5.74, 6) is 0. The summed E-state index contributed by atoms with van der Waals surface area (Å²) in [5, 5.41) is 1.03. The number of hydrogen-bond acceptors (Lipinski definition) is 2. The lowest BCUT2D eigenvalue weighted by Gasteiger charge is -2.27. The molecule has 52 heavy (non-hydrogen) atoms. The average molecular weight is 677 g/mol. The first kappa shape index (κ1) is 19.5. The summed E-state index contributed by atoms with van der Waals surface area (Å²) >= 11 is 0. The Kier molecular flexibility index (Phi) is 4.67. The third-order valence-electron chi connectivity index (χ3n) is 9.33. The van der Waals surface area contributed by atoms with Crippen molar-refractivity contribution >= 4 is 60.5 Å². The van der Waals surface area contributed by atoms with Crippen LogP contribution in [0.2, 0.25) is 0 Å². The zero-order valence-electron chi connectivity index (χ0n) is 40.4. The Morgan fingerprint density at radius 1 is 0.442 bits per heavy atom. The van der Waals surface area contributed by atoms with Gasteiger partial charge in [0.2, 0.25) is 0 Å². The Morgan fingerprint density at radius 2 is 1.06 bits per heavy atom. The van der Waals surface area contributed by atoms with Gasteiger partial charge in [0.1, 0.15) is 11.2 Å². The Morgan fingerprint density at radius 3 is 1.81 bits per heavy atom. The van der Waals surface area contributed by atoms with Crippen molar-refractivity contribution in [1.82, 2.24) is 0 Å². The second kappa shape index (κ2) is 12.5. The minimum absolute atomic E-state index is 0.00990. The van der Waals surface area contributed by atoms with Crippen molar-refractivity contribution in [2.75, 3.05) is 4.90 Å². The fourth-order valence-electron chi connectivity index (χ4n) is 6.85. The first-order valence-electron chi connectivity index (χ1n) is 23.2. The van der Waals surface area contributed by atoms with Crippen LogP contribution in [0.4, 0.5) is 17.1 Å². The van der Waals surface area contributed by atoms with E-state index in [2.05, 4.69) is 0 Å². The number of nitrogens with zero attached hydrogens (tertiary/aromatic N) is 1. The zero-order chi connectivity index (χ0) is 45.7. The fraction of sp³-hybridized carbons (Fsp3) is 0. The second-order valence-corrected chi connectivity index (χ2v) is 12.3. The summed E-state index contributed by atoms with van der Waals surface area (Å²) in [4.78, 5) is 1.72. The van der Waals surface area contributed by atoms with Crippen molar-refractivity contribution in [2.45, 2.75) is 0 Å². The van der Waals surface area contributed by atoms with Crippen molar-refractivity contribution in [1.29, 1.82) is 0 Å². The molecule has 1 aromatic heterocycles. The van der Waals surface area contributed by atoms with E-state index in [1.54, 1.807) is 4.90 Å². The van der Waals surface area contributed by atoms with Gasteiger partial charge in [-0.05, 0) is 91.9 Å². The molecule has 0 N–H and O–H groups in total. The van der Waals surface area contributed by atoms with Gasteiger partial charge in [0.15, 0.2) is 0 Å². The molecular weight excluding hydrogens is 631 g/mol. The first-order valence-corrected chi connectivity index (χ1v) is 16.7. The third kappa shape index (κ3) is 5.12. The van der Waals surface area contributed by atoms with E-state index >= 15 is 0 Å². The number of furan rings is 1. The number of fused-ring (bicyclic) bond motifs is 6. The maximum absolute atomic E-state index is 9.94. The molecule has 0 radical (unpaired) electrons. The van der Waals surface area contributed by atoms with Crippen LogP contribution >= 0.6 is 0 Å². The van der Waals surface area contributed by atoms with Crippen LogP contribution in [0.25, 0.3) is 76.9 Å². The first-order chi connectivity index (χ1) is 31.2. The van der Waals surface area contributed by atoms with Gasteiger partial charge in [-0.25, -0.2) is 0 Å². The largest absolute Gasteiger partial charge is 0.455 e. The number of rotatable bonds is 6. The van der Waals surface area contributed by atoms with Gasteiger partial charge in [-0.1, -0.05) is 157 Å². The molecule has 0 saturated heterocycles. The summed E-state index contributed by atoms with van der Waals surface area (Å²) < 4.78 is 123. The van der Waals surface area contributed by atoms with Crippen LogP contribution in [0, 0.1) is 0 Å². The van der Waals surface area contributed by atoms with Crippen LogP contribution in [0.15, 0.2) is 204 Å². The molecule has 10 rings (SSSR count). The van der Waals surface area contributed by atoms with Crippen molar-refractivity contribution in [3.63, 3.8) is 0 Å². The molecule has 0 aliphatic heterocycles. The molecule has 9 aromatic carbocycles. The van der Waals surface area contributed by atoms with Crippen LogP contribution in [0.1, 0.15) is 17.8 Å². The minimum Gasteiger partial charge on any atom is -0.455 e. The highest BCUT2D eigenvalue weighted by molar-refractivity contribution is 6.22. The van der Waals surface area contributed by atoms with Crippen LogP contribution in [0.3, 0.4) is 0 Å². The molecule has 244 valence electrons. The Labute approximate surface area is 320 Å². The summed E-state index contributed by atoms with van der Waals surface area (Å²) in [6.45, 7) is 0. The maximum Gasteiger partial charge on any atom is 0.143 e. The van der Waals surface area contributed by atoms with Gasteiger partial charge < -0.3 is 9.32 Å². The topological polar surface area (TPSA) is 16.4 Å². The Balaban J connectivity index is 1.31. The van der Waals surface area contributed by atoms with E-state index in [4.69, 9.17) is 19.5 Å². The molecule has 0 unspecified atom stereocenters. The van der Waals surface area contributed by atoms with Crippen LogP contribution in [-0.2, 0) is 0 Å². The molecule has 0 bridgehead atoms. The lowest BCUT2D eigenvalue weighted by Crippen LogP contribution is -2.10. The van der Waals surface area contributed by atoms with Crippen molar-refractivity contribution < 1.29 is 22.2 Å². The summed E-state index contributed by atoms with van der Waals surface area (Å²) in [6.07, 6.45) is 0. The number of benzene rings is 9. The highest BCUT2D eigenvalue weighted by atomic mass is 16.3. The van der Waals surface area contributed by atoms with E-state index < -0.39 is 84.1 Å². The molecule has 2 heteroatoms. The van der Waals surface area contributed by atoms with Crippen LogP contribution in [-0.4, -0.2) is 0 Å². The van der Waals surface area contributed by atoms with E-state index in [1.807, 2.05) is 121 Å². The van der Waals surface area contributed by atoms with Gasteiger partial charge in [0, 0.05) is 22.1 Å². The molecule has 0 aliphatic carbocycles. The number of hydrogen-bond donors (Lipinski definition) is 0. The lowest BCUT2D eigenvalue weighted by molar-refractivity contribution is 0.672. The zero-order valence-corrected chi connectivity index (χ0v) is 27.4. The van der Waals surface area contributed by atoms with E-state index in [9.17, 15) is 2.74 Å². The van der Waals surface area contributed by atoms with Crippen molar-refractivity contribution in [3.8, 4) is 33.4 Å².